The Labute approximate surface area is 104 Å². The molecule has 0 unspecified atom stereocenters. The molecule has 0 aliphatic heterocycles. The summed E-state index contributed by atoms with van der Waals surface area (Å²) in [7, 11) is 0. The predicted molar refractivity (Wildman–Crippen MR) is 63.7 cm³/mol. The topological polar surface area (TPSA) is 77.2 Å². The zero-order valence-electron chi connectivity index (χ0n) is 9.91. The zero-order chi connectivity index (χ0) is 13.0. The molecule has 1 aromatic carbocycles. The van der Waals surface area contributed by atoms with Gasteiger partial charge in [0.05, 0.1) is 12.7 Å². The quantitative estimate of drug-likeness (QED) is 0.863. The Morgan fingerprint density at radius 1 is 1.44 bits per heavy atom. The molecule has 0 aliphatic carbocycles. The fourth-order valence-corrected chi connectivity index (χ4v) is 1.47. The van der Waals surface area contributed by atoms with Gasteiger partial charge in [0.1, 0.15) is 12.4 Å². The smallest absolute Gasteiger partial charge is 0.358 e. The molecule has 6 heteroatoms. The van der Waals surface area contributed by atoms with Crippen LogP contribution in [-0.2, 0) is 6.54 Å². The van der Waals surface area contributed by atoms with Gasteiger partial charge >= 0.3 is 5.97 Å². The van der Waals surface area contributed by atoms with E-state index >= 15 is 0 Å². The maximum Gasteiger partial charge on any atom is 0.358 e. The van der Waals surface area contributed by atoms with Crippen LogP contribution in [0.2, 0.25) is 0 Å². The molecule has 2 rings (SSSR count). The molecule has 0 bridgehead atoms. The average Bonchev–Trinajstić information content (AvgIpc) is 2.80. The molecule has 0 amide bonds. The summed E-state index contributed by atoms with van der Waals surface area (Å²) in [6, 6.07) is 7.70. The number of hydrogen-bond acceptors (Lipinski definition) is 4. The summed E-state index contributed by atoms with van der Waals surface area (Å²) in [4.78, 5) is 10.6. The molecule has 1 aromatic heterocycles. The first-order valence-corrected chi connectivity index (χ1v) is 5.48. The van der Waals surface area contributed by atoms with E-state index < -0.39 is 5.97 Å². The SMILES string of the molecule is Cc1ccccc1OCCn1cc(C(=O)O)nn1. The van der Waals surface area contributed by atoms with Crippen LogP contribution in [0.3, 0.4) is 0 Å². The highest BCUT2D eigenvalue weighted by atomic mass is 16.5. The largest absolute Gasteiger partial charge is 0.491 e. The number of aryl methyl sites for hydroxylation is 1. The molecule has 94 valence electrons. The molecule has 2 aromatic rings. The molecule has 0 spiro atoms. The monoisotopic (exact) mass is 247 g/mol. The van der Waals surface area contributed by atoms with Gasteiger partial charge in [0.15, 0.2) is 5.69 Å². The van der Waals surface area contributed by atoms with Crippen molar-refractivity contribution in [1.82, 2.24) is 15.0 Å². The van der Waals surface area contributed by atoms with Gasteiger partial charge in [0.2, 0.25) is 0 Å². The van der Waals surface area contributed by atoms with Crippen molar-refractivity contribution in [2.24, 2.45) is 0 Å². The second-order valence-electron chi connectivity index (χ2n) is 3.79. The summed E-state index contributed by atoms with van der Waals surface area (Å²) in [5.74, 6) is -0.267. The van der Waals surface area contributed by atoms with E-state index in [9.17, 15) is 4.79 Å². The van der Waals surface area contributed by atoms with Gasteiger partial charge < -0.3 is 9.84 Å². The second-order valence-corrected chi connectivity index (χ2v) is 3.79. The number of carboxylic acid groups (broad SMARTS) is 1. The number of rotatable bonds is 5. The minimum Gasteiger partial charge on any atom is -0.491 e. The number of benzene rings is 1. The van der Waals surface area contributed by atoms with Gasteiger partial charge in [0, 0.05) is 0 Å². The van der Waals surface area contributed by atoms with Gasteiger partial charge in [0.25, 0.3) is 0 Å². The van der Waals surface area contributed by atoms with Crippen LogP contribution >= 0.6 is 0 Å². The van der Waals surface area contributed by atoms with Gasteiger partial charge in [-0.3, -0.25) is 0 Å². The zero-order valence-corrected chi connectivity index (χ0v) is 9.91. The van der Waals surface area contributed by atoms with Crippen molar-refractivity contribution in [3.05, 3.63) is 41.7 Å². The highest BCUT2D eigenvalue weighted by molar-refractivity contribution is 5.84. The lowest BCUT2D eigenvalue weighted by Gasteiger charge is -2.08. The molecule has 1 N–H and O–H groups in total. The predicted octanol–water partition coefficient (Wildman–Crippen LogP) is 1.36. The number of carbonyl (C=O) groups is 1. The van der Waals surface area contributed by atoms with Gasteiger partial charge in [-0.1, -0.05) is 23.4 Å². The molecule has 1 heterocycles. The van der Waals surface area contributed by atoms with Gasteiger partial charge in [-0.2, -0.15) is 0 Å². The minimum atomic E-state index is -1.08. The van der Waals surface area contributed by atoms with Crippen LogP contribution in [0.1, 0.15) is 16.1 Å². The Bertz CT molecular complexity index is 551. The van der Waals surface area contributed by atoms with E-state index in [0.29, 0.717) is 13.2 Å². The number of hydrogen-bond donors (Lipinski definition) is 1. The van der Waals surface area contributed by atoms with E-state index in [0.717, 1.165) is 11.3 Å². The van der Waals surface area contributed by atoms with Crippen molar-refractivity contribution in [2.45, 2.75) is 13.5 Å². The lowest BCUT2D eigenvalue weighted by atomic mass is 10.2. The highest BCUT2D eigenvalue weighted by Gasteiger charge is 2.07. The van der Waals surface area contributed by atoms with Crippen molar-refractivity contribution in [2.75, 3.05) is 6.61 Å². The van der Waals surface area contributed by atoms with Gasteiger partial charge in [-0.05, 0) is 18.6 Å². The second kappa shape index (κ2) is 5.31. The summed E-state index contributed by atoms with van der Waals surface area (Å²) in [6.07, 6.45) is 1.38. The Balaban J connectivity index is 1.88. The van der Waals surface area contributed by atoms with Crippen molar-refractivity contribution < 1.29 is 14.6 Å². The van der Waals surface area contributed by atoms with E-state index in [2.05, 4.69) is 10.3 Å². The standard InChI is InChI=1S/C12H13N3O3/c1-9-4-2-3-5-11(9)18-7-6-15-8-10(12(16)17)13-14-15/h2-5,8H,6-7H2,1H3,(H,16,17). The number of aromatic nitrogens is 3. The molecule has 0 aliphatic rings. The molecule has 0 radical (unpaired) electrons. The summed E-state index contributed by atoms with van der Waals surface area (Å²) >= 11 is 0. The van der Waals surface area contributed by atoms with E-state index in [4.69, 9.17) is 9.84 Å². The first kappa shape index (κ1) is 12.1. The third-order valence-corrected chi connectivity index (χ3v) is 2.43. The average molecular weight is 247 g/mol. The third-order valence-electron chi connectivity index (χ3n) is 2.43. The third kappa shape index (κ3) is 2.85. The molecule has 0 saturated heterocycles. The number of ether oxygens (including phenoxy) is 1. The number of aromatic carboxylic acids is 1. The fourth-order valence-electron chi connectivity index (χ4n) is 1.47. The van der Waals surface area contributed by atoms with E-state index in [1.165, 1.54) is 10.9 Å². The highest BCUT2D eigenvalue weighted by Crippen LogP contribution is 2.15. The van der Waals surface area contributed by atoms with Crippen LogP contribution in [0.25, 0.3) is 0 Å². The lowest BCUT2D eigenvalue weighted by Crippen LogP contribution is -2.09. The van der Waals surface area contributed by atoms with Crippen LogP contribution in [-0.4, -0.2) is 32.7 Å². The Morgan fingerprint density at radius 2 is 2.22 bits per heavy atom. The van der Waals surface area contributed by atoms with Crippen molar-refractivity contribution in [1.29, 1.82) is 0 Å². The molecular formula is C12H13N3O3. The molecule has 0 fully saturated rings. The van der Waals surface area contributed by atoms with Gasteiger partial charge in [-0.25, -0.2) is 9.48 Å². The summed E-state index contributed by atoms with van der Waals surface area (Å²) < 4.78 is 7.02. The van der Waals surface area contributed by atoms with E-state index in [-0.39, 0.29) is 5.69 Å². The summed E-state index contributed by atoms with van der Waals surface area (Å²) in [5, 5.41) is 15.9. The van der Waals surface area contributed by atoms with Gasteiger partial charge in [-0.15, -0.1) is 5.10 Å². The number of nitrogens with zero attached hydrogens (tertiary/aromatic N) is 3. The first-order chi connectivity index (χ1) is 8.66. The van der Waals surface area contributed by atoms with Crippen molar-refractivity contribution >= 4 is 5.97 Å². The lowest BCUT2D eigenvalue weighted by molar-refractivity contribution is 0.0690. The van der Waals surface area contributed by atoms with Crippen LogP contribution in [0.4, 0.5) is 0 Å². The molecule has 0 saturated carbocycles. The van der Waals surface area contributed by atoms with Crippen LogP contribution in [0, 0.1) is 6.92 Å². The van der Waals surface area contributed by atoms with E-state index in [1.54, 1.807) is 0 Å². The maximum atomic E-state index is 10.6. The van der Waals surface area contributed by atoms with E-state index in [1.807, 2.05) is 31.2 Å². The maximum absolute atomic E-state index is 10.6. The van der Waals surface area contributed by atoms with Crippen LogP contribution in [0.15, 0.2) is 30.5 Å². The Hall–Kier alpha value is -2.37. The minimum absolute atomic E-state index is 0.0640. The summed E-state index contributed by atoms with van der Waals surface area (Å²) in [5.41, 5.74) is 0.994. The number of carboxylic acids is 1. The fraction of sp³-hybridized carbons (Fsp3) is 0.250. The van der Waals surface area contributed by atoms with Crippen LogP contribution in [0.5, 0.6) is 5.75 Å². The summed E-state index contributed by atoms with van der Waals surface area (Å²) in [6.45, 7) is 2.83. The Kier molecular flexibility index (Phi) is 3.57. The number of para-hydroxylation sites is 1. The molecule has 0 atom stereocenters. The molecule has 6 nitrogen and oxygen atoms in total. The first-order valence-electron chi connectivity index (χ1n) is 5.48. The van der Waals surface area contributed by atoms with Crippen LogP contribution < -0.4 is 4.74 Å². The van der Waals surface area contributed by atoms with Crippen molar-refractivity contribution in [3.8, 4) is 5.75 Å². The molecular weight excluding hydrogens is 234 g/mol. The normalized spacial score (nSPS) is 10.3. The Morgan fingerprint density at radius 3 is 2.89 bits per heavy atom. The molecule has 18 heavy (non-hydrogen) atoms. The van der Waals surface area contributed by atoms with Crippen molar-refractivity contribution in [3.63, 3.8) is 0 Å².